The third-order valence-corrected chi connectivity index (χ3v) is 5.92. The van der Waals surface area contributed by atoms with Crippen LogP contribution in [0.15, 0.2) is 52.1 Å². The molecule has 0 aliphatic heterocycles. The number of benzene rings is 1. The molecule has 0 aliphatic carbocycles. The number of hydrogen-bond donors (Lipinski definition) is 0. The molecular formula is C17H15ClN4O6S. The number of rotatable bonds is 7. The maximum absolute atomic E-state index is 12.4. The molecule has 1 aromatic carbocycles. The number of ether oxygens (including phenoxy) is 1. The quantitative estimate of drug-likeness (QED) is 0.403. The molecule has 3 rings (SSSR count). The molecule has 12 heteroatoms. The number of carbonyl (C=O) groups is 1. The largest absolute Gasteiger partial charge is 0.452 e. The first-order valence-corrected chi connectivity index (χ1v) is 9.87. The lowest BCUT2D eigenvalue weighted by Crippen LogP contribution is -2.26. The van der Waals surface area contributed by atoms with Gasteiger partial charge in [-0.05, 0) is 30.3 Å². The lowest BCUT2D eigenvalue weighted by molar-refractivity contribution is -0.0258. The Morgan fingerprint density at radius 1 is 1.31 bits per heavy atom. The molecule has 2 heterocycles. The van der Waals surface area contributed by atoms with Crippen LogP contribution in [-0.2, 0) is 26.2 Å². The molecule has 0 bridgehead atoms. The van der Waals surface area contributed by atoms with E-state index in [-0.39, 0.29) is 28.0 Å². The zero-order valence-corrected chi connectivity index (χ0v) is 16.8. The molecule has 3 aromatic rings. The summed E-state index contributed by atoms with van der Waals surface area (Å²) in [5.74, 6) is -0.427. The average molecular weight is 439 g/mol. The summed E-state index contributed by atoms with van der Waals surface area (Å²) in [6.45, 7) is -0.297. The van der Waals surface area contributed by atoms with Crippen LogP contribution in [0.3, 0.4) is 0 Å². The van der Waals surface area contributed by atoms with Crippen molar-refractivity contribution in [2.24, 2.45) is 0 Å². The van der Waals surface area contributed by atoms with Crippen LogP contribution in [0.4, 0.5) is 0 Å². The summed E-state index contributed by atoms with van der Waals surface area (Å²) in [5, 5.41) is 3.72. The van der Waals surface area contributed by atoms with Gasteiger partial charge in [0, 0.05) is 25.0 Å². The van der Waals surface area contributed by atoms with E-state index >= 15 is 0 Å². The van der Waals surface area contributed by atoms with Gasteiger partial charge in [0.25, 0.3) is 15.9 Å². The van der Waals surface area contributed by atoms with Gasteiger partial charge in [-0.2, -0.15) is 4.98 Å². The number of esters is 1. The van der Waals surface area contributed by atoms with Crippen molar-refractivity contribution in [1.29, 1.82) is 0 Å². The highest BCUT2D eigenvalue weighted by Crippen LogP contribution is 2.26. The van der Waals surface area contributed by atoms with Gasteiger partial charge in [-0.1, -0.05) is 21.2 Å². The molecule has 0 amide bonds. The molecule has 0 N–H and O–H groups in total. The topological polar surface area (TPSA) is 125 Å². The molecule has 0 fully saturated rings. The van der Waals surface area contributed by atoms with Crippen LogP contribution in [0.2, 0.25) is 5.02 Å². The van der Waals surface area contributed by atoms with Crippen molar-refractivity contribution in [2.45, 2.75) is 11.5 Å². The van der Waals surface area contributed by atoms with Crippen LogP contribution in [-0.4, -0.2) is 48.1 Å². The fourth-order valence-electron chi connectivity index (χ4n) is 2.20. The predicted octanol–water partition coefficient (Wildman–Crippen LogP) is 2.32. The van der Waals surface area contributed by atoms with Gasteiger partial charge >= 0.3 is 5.97 Å². The van der Waals surface area contributed by atoms with Crippen LogP contribution in [0.5, 0.6) is 0 Å². The van der Waals surface area contributed by atoms with Gasteiger partial charge in [-0.3, -0.25) is 9.82 Å². The molecule has 0 radical (unpaired) electrons. The first-order chi connectivity index (χ1) is 13.8. The van der Waals surface area contributed by atoms with E-state index in [2.05, 4.69) is 15.1 Å². The van der Waals surface area contributed by atoms with Crippen LogP contribution in [0.1, 0.15) is 16.2 Å². The minimum Gasteiger partial charge on any atom is -0.452 e. The van der Waals surface area contributed by atoms with Gasteiger partial charge in [0.15, 0.2) is 6.61 Å². The van der Waals surface area contributed by atoms with E-state index in [1.165, 1.54) is 26.3 Å². The maximum Gasteiger partial charge on any atom is 0.338 e. The Morgan fingerprint density at radius 3 is 2.79 bits per heavy atom. The summed E-state index contributed by atoms with van der Waals surface area (Å²) in [5.41, 5.74) is 0.619. The predicted molar refractivity (Wildman–Crippen MR) is 100 cm³/mol. The molecule has 10 nitrogen and oxygen atoms in total. The number of aromatic nitrogens is 3. The van der Waals surface area contributed by atoms with E-state index in [4.69, 9.17) is 25.7 Å². The minimum absolute atomic E-state index is 0.0236. The Hall–Kier alpha value is -2.86. The first kappa shape index (κ1) is 20.9. The average Bonchev–Trinajstić information content (AvgIpc) is 3.21. The lowest BCUT2D eigenvalue weighted by atomic mass is 10.2. The second-order valence-electron chi connectivity index (χ2n) is 5.57. The SMILES string of the molecule is CON(C)S(=O)(=O)c1cc(C(=O)OCc2nc(-c3cccnc3)no2)ccc1Cl. The van der Waals surface area contributed by atoms with Gasteiger partial charge in [-0.25, -0.2) is 13.2 Å². The minimum atomic E-state index is -4.05. The van der Waals surface area contributed by atoms with Crippen molar-refractivity contribution in [3.8, 4) is 11.4 Å². The fourth-order valence-corrected chi connectivity index (χ4v) is 3.67. The molecular weight excluding hydrogens is 424 g/mol. The summed E-state index contributed by atoms with van der Waals surface area (Å²) in [6, 6.07) is 7.19. The molecule has 0 unspecified atom stereocenters. The second-order valence-corrected chi connectivity index (χ2v) is 7.88. The molecule has 152 valence electrons. The standard InChI is InChI=1S/C17H15ClN4O6S/c1-22(26-2)29(24,25)14-8-11(5-6-13(14)18)17(23)27-10-15-20-16(21-28-15)12-4-3-7-19-9-12/h3-9H,10H2,1-2H3. The van der Waals surface area contributed by atoms with E-state index in [1.54, 1.807) is 24.5 Å². The number of halogens is 1. The van der Waals surface area contributed by atoms with Gasteiger partial charge in [0.2, 0.25) is 5.82 Å². The number of pyridine rings is 1. The van der Waals surface area contributed by atoms with Crippen LogP contribution in [0.25, 0.3) is 11.4 Å². The summed E-state index contributed by atoms with van der Waals surface area (Å²) in [4.78, 5) is 24.8. The number of hydrogen-bond acceptors (Lipinski definition) is 9. The molecule has 0 atom stereocenters. The molecule has 2 aromatic heterocycles. The first-order valence-electron chi connectivity index (χ1n) is 8.05. The van der Waals surface area contributed by atoms with Crippen molar-refractivity contribution in [3.63, 3.8) is 0 Å². The molecule has 0 saturated heterocycles. The smallest absolute Gasteiger partial charge is 0.338 e. The number of hydroxylamine groups is 1. The zero-order chi connectivity index (χ0) is 21.0. The summed E-state index contributed by atoms with van der Waals surface area (Å²) in [7, 11) is -1.66. The Morgan fingerprint density at radius 2 is 2.10 bits per heavy atom. The molecule has 0 aliphatic rings. The van der Waals surface area contributed by atoms with Crippen LogP contribution >= 0.6 is 11.6 Å². The van der Waals surface area contributed by atoms with Crippen molar-refractivity contribution in [1.82, 2.24) is 19.6 Å². The highest BCUT2D eigenvalue weighted by molar-refractivity contribution is 7.89. The van der Waals surface area contributed by atoms with Gasteiger partial charge in [-0.15, -0.1) is 0 Å². The monoisotopic (exact) mass is 438 g/mol. The normalized spacial score (nSPS) is 11.6. The summed E-state index contributed by atoms with van der Waals surface area (Å²) >= 11 is 5.97. The Labute approximate surface area is 171 Å². The fraction of sp³-hybridized carbons (Fsp3) is 0.176. The number of nitrogens with zero attached hydrogens (tertiary/aromatic N) is 4. The maximum atomic E-state index is 12.4. The third kappa shape index (κ3) is 4.59. The van der Waals surface area contributed by atoms with Gasteiger partial charge < -0.3 is 9.26 Å². The second kappa shape index (κ2) is 8.66. The summed E-state index contributed by atoms with van der Waals surface area (Å²) < 4.78 is 35.6. The van der Waals surface area contributed by atoms with Crippen molar-refractivity contribution in [3.05, 3.63) is 59.2 Å². The highest BCUT2D eigenvalue weighted by atomic mass is 35.5. The van der Waals surface area contributed by atoms with E-state index < -0.39 is 16.0 Å². The molecule has 0 spiro atoms. The Bertz CT molecular complexity index is 1120. The number of carbonyl (C=O) groups excluding carboxylic acids is 1. The van der Waals surface area contributed by atoms with E-state index in [9.17, 15) is 13.2 Å². The highest BCUT2D eigenvalue weighted by Gasteiger charge is 2.25. The Balaban J connectivity index is 1.74. The van der Waals surface area contributed by atoms with Crippen LogP contribution in [0, 0.1) is 0 Å². The molecule has 0 saturated carbocycles. The number of sulfonamides is 1. The third-order valence-electron chi connectivity index (χ3n) is 3.75. The van der Waals surface area contributed by atoms with Crippen molar-refractivity contribution >= 4 is 27.6 Å². The lowest BCUT2D eigenvalue weighted by Gasteiger charge is -2.15. The van der Waals surface area contributed by atoms with E-state index in [1.807, 2.05) is 0 Å². The van der Waals surface area contributed by atoms with E-state index in [0.29, 0.717) is 15.9 Å². The Kier molecular flexibility index (Phi) is 6.23. The van der Waals surface area contributed by atoms with Gasteiger partial charge in [0.05, 0.1) is 17.7 Å². The van der Waals surface area contributed by atoms with Crippen molar-refractivity contribution in [2.75, 3.05) is 14.2 Å². The van der Waals surface area contributed by atoms with Crippen molar-refractivity contribution < 1.29 is 27.3 Å². The summed E-state index contributed by atoms with van der Waals surface area (Å²) in [6.07, 6.45) is 3.17. The zero-order valence-electron chi connectivity index (χ0n) is 15.3. The van der Waals surface area contributed by atoms with Gasteiger partial charge in [0.1, 0.15) is 4.90 Å². The van der Waals surface area contributed by atoms with Crippen LogP contribution < -0.4 is 0 Å². The van der Waals surface area contributed by atoms with E-state index in [0.717, 1.165) is 6.07 Å². The molecule has 29 heavy (non-hydrogen) atoms.